The number of fused-ring (bicyclic) bond motifs is 1. The van der Waals surface area contributed by atoms with Gasteiger partial charge in [-0.3, -0.25) is 14.4 Å². The average molecular weight is 457 g/mol. The van der Waals surface area contributed by atoms with Gasteiger partial charge in [0.2, 0.25) is 0 Å². The summed E-state index contributed by atoms with van der Waals surface area (Å²) in [6.45, 7) is 1.60. The van der Waals surface area contributed by atoms with Crippen LogP contribution in [-0.4, -0.2) is 52.3 Å². The van der Waals surface area contributed by atoms with Gasteiger partial charge in [-0.15, -0.1) is 0 Å². The average Bonchev–Trinajstić information content (AvgIpc) is 3.15. The minimum Gasteiger partial charge on any atom is -0.343 e. The molecular weight excluding hydrogens is 429 g/mol. The molecule has 0 N–H and O–H groups in total. The first kappa shape index (κ1) is 23.0. The number of carbonyl (C=O) groups is 1. The quantitative estimate of drug-likeness (QED) is 0.537. The van der Waals surface area contributed by atoms with Gasteiger partial charge in [0.15, 0.2) is 5.69 Å². The number of alkyl halides is 3. The van der Waals surface area contributed by atoms with Crippen LogP contribution < -0.4 is 0 Å². The molecule has 8 heteroatoms. The molecule has 0 bridgehead atoms. The van der Waals surface area contributed by atoms with E-state index in [0.29, 0.717) is 26.1 Å². The van der Waals surface area contributed by atoms with Gasteiger partial charge in [0.05, 0.1) is 6.42 Å². The number of benzene rings is 2. The Morgan fingerprint density at radius 2 is 1.70 bits per heavy atom. The Morgan fingerprint density at radius 1 is 1.03 bits per heavy atom. The highest BCUT2D eigenvalue weighted by Crippen LogP contribution is 2.28. The molecule has 2 aromatic carbocycles. The summed E-state index contributed by atoms with van der Waals surface area (Å²) in [4.78, 5) is 16.3. The second-order valence-corrected chi connectivity index (χ2v) is 8.59. The summed E-state index contributed by atoms with van der Waals surface area (Å²) in [5.41, 5.74) is 5.17. The zero-order valence-electron chi connectivity index (χ0n) is 18.8. The molecule has 0 saturated carbocycles. The monoisotopic (exact) mass is 456 g/mol. The SMILES string of the molecule is CN(C)C(=O)c1nn(CCC(F)(F)F)c2c1CN(Cc1ccc(-c3ccccc3)cc1)CC2. The van der Waals surface area contributed by atoms with Crippen LogP contribution in [0.5, 0.6) is 0 Å². The van der Waals surface area contributed by atoms with Gasteiger partial charge in [0.25, 0.3) is 5.91 Å². The summed E-state index contributed by atoms with van der Waals surface area (Å²) in [5.74, 6) is -0.286. The van der Waals surface area contributed by atoms with Crippen molar-refractivity contribution in [2.24, 2.45) is 0 Å². The molecule has 0 fully saturated rings. The maximum Gasteiger partial charge on any atom is 0.390 e. The van der Waals surface area contributed by atoms with Crippen molar-refractivity contribution in [1.29, 1.82) is 0 Å². The second-order valence-electron chi connectivity index (χ2n) is 8.59. The highest BCUT2D eigenvalue weighted by atomic mass is 19.4. The maximum absolute atomic E-state index is 12.8. The van der Waals surface area contributed by atoms with Crippen LogP contribution in [0.25, 0.3) is 11.1 Å². The first-order chi connectivity index (χ1) is 15.7. The minimum absolute atomic E-state index is 0.251. The number of hydrogen-bond acceptors (Lipinski definition) is 3. The first-order valence-electron chi connectivity index (χ1n) is 10.9. The van der Waals surface area contributed by atoms with E-state index >= 15 is 0 Å². The fourth-order valence-corrected chi connectivity index (χ4v) is 4.17. The predicted molar refractivity (Wildman–Crippen MR) is 121 cm³/mol. The Kier molecular flexibility index (Phi) is 6.56. The van der Waals surface area contributed by atoms with Gasteiger partial charge in [-0.05, 0) is 16.7 Å². The molecule has 0 spiro atoms. The molecular formula is C25H27F3N4O. The smallest absolute Gasteiger partial charge is 0.343 e. The maximum atomic E-state index is 12.8. The lowest BCUT2D eigenvalue weighted by molar-refractivity contribution is -0.137. The lowest BCUT2D eigenvalue weighted by Gasteiger charge is -2.28. The van der Waals surface area contributed by atoms with Gasteiger partial charge < -0.3 is 4.90 Å². The number of rotatable bonds is 6. The molecule has 1 aromatic heterocycles. The number of carbonyl (C=O) groups excluding carboxylic acids is 1. The summed E-state index contributed by atoms with van der Waals surface area (Å²) < 4.78 is 39.7. The van der Waals surface area contributed by atoms with Gasteiger partial charge in [0.1, 0.15) is 0 Å². The van der Waals surface area contributed by atoms with Crippen LogP contribution in [0.15, 0.2) is 54.6 Å². The Labute approximate surface area is 191 Å². The van der Waals surface area contributed by atoms with Crippen molar-refractivity contribution < 1.29 is 18.0 Å². The summed E-state index contributed by atoms with van der Waals surface area (Å²) in [6.07, 6.45) is -4.67. The lowest BCUT2D eigenvalue weighted by atomic mass is 10.0. The van der Waals surface area contributed by atoms with E-state index in [0.717, 1.165) is 27.9 Å². The molecule has 0 saturated heterocycles. The fourth-order valence-electron chi connectivity index (χ4n) is 4.17. The van der Waals surface area contributed by atoms with Crippen LogP contribution in [0.2, 0.25) is 0 Å². The van der Waals surface area contributed by atoms with Crippen LogP contribution in [-0.2, 0) is 26.1 Å². The summed E-state index contributed by atoms with van der Waals surface area (Å²) in [5, 5.41) is 4.30. The van der Waals surface area contributed by atoms with E-state index in [1.165, 1.54) is 9.58 Å². The molecule has 4 rings (SSSR count). The highest BCUT2D eigenvalue weighted by Gasteiger charge is 2.32. The van der Waals surface area contributed by atoms with E-state index in [-0.39, 0.29) is 18.1 Å². The van der Waals surface area contributed by atoms with Crippen LogP contribution in [0.3, 0.4) is 0 Å². The second kappa shape index (κ2) is 9.39. The molecule has 3 aromatic rings. The van der Waals surface area contributed by atoms with Crippen molar-refractivity contribution >= 4 is 5.91 Å². The van der Waals surface area contributed by atoms with Gasteiger partial charge in [-0.2, -0.15) is 18.3 Å². The molecule has 1 amide bonds. The molecule has 1 aliphatic rings. The zero-order chi connectivity index (χ0) is 23.6. The van der Waals surface area contributed by atoms with Gasteiger partial charge in [-0.25, -0.2) is 0 Å². The minimum atomic E-state index is -4.27. The number of hydrogen-bond donors (Lipinski definition) is 0. The van der Waals surface area contributed by atoms with Gasteiger partial charge >= 0.3 is 6.18 Å². The third-order valence-corrected chi connectivity index (χ3v) is 5.90. The molecule has 0 radical (unpaired) electrons. The molecule has 2 heterocycles. The summed E-state index contributed by atoms with van der Waals surface area (Å²) in [6, 6.07) is 18.5. The Bertz CT molecular complexity index is 1110. The third-order valence-electron chi connectivity index (χ3n) is 5.90. The van der Waals surface area contributed by atoms with Crippen molar-refractivity contribution in [3.05, 3.63) is 77.1 Å². The van der Waals surface area contributed by atoms with E-state index in [1.54, 1.807) is 14.1 Å². The van der Waals surface area contributed by atoms with E-state index in [9.17, 15) is 18.0 Å². The fraction of sp³-hybridized carbons (Fsp3) is 0.360. The van der Waals surface area contributed by atoms with Crippen LogP contribution in [0.4, 0.5) is 13.2 Å². The Morgan fingerprint density at radius 3 is 2.33 bits per heavy atom. The van der Waals surface area contributed by atoms with Crippen LogP contribution >= 0.6 is 0 Å². The molecule has 33 heavy (non-hydrogen) atoms. The molecule has 1 aliphatic heterocycles. The largest absolute Gasteiger partial charge is 0.390 e. The highest BCUT2D eigenvalue weighted by molar-refractivity contribution is 5.93. The van der Waals surface area contributed by atoms with Crippen molar-refractivity contribution in [2.45, 2.75) is 38.7 Å². The predicted octanol–water partition coefficient (Wildman–Crippen LogP) is 4.76. The van der Waals surface area contributed by atoms with E-state index in [4.69, 9.17) is 0 Å². The van der Waals surface area contributed by atoms with E-state index < -0.39 is 12.6 Å². The molecule has 174 valence electrons. The van der Waals surface area contributed by atoms with Crippen molar-refractivity contribution in [1.82, 2.24) is 19.6 Å². The molecule has 0 aliphatic carbocycles. The van der Waals surface area contributed by atoms with E-state index in [1.807, 2.05) is 18.2 Å². The molecule has 0 unspecified atom stereocenters. The number of halogens is 3. The number of aromatic nitrogens is 2. The molecule has 0 atom stereocenters. The standard InChI is InChI=1S/C25H27F3N4O/c1-30(2)24(33)23-21-17-31(14-12-22(21)32(29-23)15-13-25(26,27)28)16-18-8-10-20(11-9-18)19-6-4-3-5-7-19/h3-11H,12-17H2,1-2H3. The Hall–Kier alpha value is -3.13. The number of aryl methyl sites for hydroxylation is 1. The van der Waals surface area contributed by atoms with Crippen LogP contribution in [0.1, 0.15) is 33.7 Å². The summed E-state index contributed by atoms with van der Waals surface area (Å²) >= 11 is 0. The van der Waals surface area contributed by atoms with Crippen molar-refractivity contribution in [2.75, 3.05) is 20.6 Å². The summed E-state index contributed by atoms with van der Waals surface area (Å²) in [7, 11) is 3.25. The number of amides is 1. The third kappa shape index (κ3) is 5.45. The number of nitrogens with zero attached hydrogens (tertiary/aromatic N) is 4. The van der Waals surface area contributed by atoms with Crippen molar-refractivity contribution in [3.63, 3.8) is 0 Å². The Balaban J connectivity index is 1.52. The topological polar surface area (TPSA) is 41.4 Å². The van der Waals surface area contributed by atoms with Gasteiger partial charge in [0, 0.05) is 58.0 Å². The van der Waals surface area contributed by atoms with Gasteiger partial charge in [-0.1, -0.05) is 54.6 Å². The zero-order valence-corrected chi connectivity index (χ0v) is 18.8. The normalized spacial score (nSPS) is 14.2. The van der Waals surface area contributed by atoms with E-state index in [2.05, 4.69) is 46.4 Å². The first-order valence-corrected chi connectivity index (χ1v) is 10.9. The lowest BCUT2D eigenvalue weighted by Crippen LogP contribution is -2.32. The molecule has 5 nitrogen and oxygen atoms in total. The van der Waals surface area contributed by atoms with Crippen LogP contribution in [0, 0.1) is 0 Å². The van der Waals surface area contributed by atoms with Crippen molar-refractivity contribution in [3.8, 4) is 11.1 Å².